The maximum Gasteiger partial charge on any atom is 0.243 e. The number of amides is 1. The van der Waals surface area contributed by atoms with E-state index in [-0.39, 0.29) is 10.8 Å². The van der Waals surface area contributed by atoms with Crippen LogP contribution in [0.2, 0.25) is 5.02 Å². The minimum absolute atomic E-state index is 0.174. The van der Waals surface area contributed by atoms with Gasteiger partial charge in [0.05, 0.1) is 4.90 Å². The highest BCUT2D eigenvalue weighted by molar-refractivity contribution is 7.98. The van der Waals surface area contributed by atoms with Crippen molar-refractivity contribution in [1.82, 2.24) is 9.62 Å². The topological polar surface area (TPSA) is 66.5 Å². The predicted octanol–water partition coefficient (Wildman–Crippen LogP) is 2.75. The van der Waals surface area contributed by atoms with Gasteiger partial charge < -0.3 is 5.32 Å². The van der Waals surface area contributed by atoms with Gasteiger partial charge in [-0.15, -0.1) is 0 Å². The molecule has 0 saturated carbocycles. The predicted molar refractivity (Wildman–Crippen MR) is 99.0 cm³/mol. The maximum absolute atomic E-state index is 13.1. The molecule has 0 aliphatic carbocycles. The molecule has 2 rings (SSSR count). The zero-order valence-electron chi connectivity index (χ0n) is 13.7. The van der Waals surface area contributed by atoms with Crippen molar-refractivity contribution in [3.63, 3.8) is 0 Å². The monoisotopic (exact) mass is 390 g/mol. The van der Waals surface area contributed by atoms with Crippen LogP contribution in [0.5, 0.6) is 0 Å². The number of hydrogen-bond donors (Lipinski definition) is 1. The molecule has 0 aromatic heterocycles. The first-order chi connectivity index (χ1) is 11.5. The van der Waals surface area contributed by atoms with Crippen molar-refractivity contribution >= 4 is 39.3 Å². The maximum atomic E-state index is 13.1. The highest BCUT2D eigenvalue weighted by Gasteiger charge is 2.35. The van der Waals surface area contributed by atoms with Crippen LogP contribution in [0.1, 0.15) is 25.7 Å². The molecule has 1 aliphatic rings. The van der Waals surface area contributed by atoms with Gasteiger partial charge in [-0.1, -0.05) is 11.6 Å². The lowest BCUT2D eigenvalue weighted by Crippen LogP contribution is -2.49. The Morgan fingerprint density at radius 1 is 1.29 bits per heavy atom. The summed E-state index contributed by atoms with van der Waals surface area (Å²) in [6.07, 6.45) is 4.95. The van der Waals surface area contributed by atoms with Crippen LogP contribution in [0, 0.1) is 0 Å². The Morgan fingerprint density at radius 3 is 2.67 bits per heavy atom. The van der Waals surface area contributed by atoms with Crippen molar-refractivity contribution in [2.24, 2.45) is 0 Å². The van der Waals surface area contributed by atoms with Crippen molar-refractivity contribution in [3.8, 4) is 0 Å². The molecule has 1 aliphatic heterocycles. The molecule has 1 amide bonds. The summed E-state index contributed by atoms with van der Waals surface area (Å²) in [5.41, 5.74) is 0. The third-order valence-corrected chi connectivity index (χ3v) is 6.87. The van der Waals surface area contributed by atoms with Gasteiger partial charge in [0.15, 0.2) is 0 Å². The summed E-state index contributed by atoms with van der Waals surface area (Å²) in [5, 5.41) is 3.31. The zero-order chi connectivity index (χ0) is 17.6. The lowest BCUT2D eigenvalue weighted by Gasteiger charge is -2.29. The summed E-state index contributed by atoms with van der Waals surface area (Å²) in [6.45, 7) is 0.943. The van der Waals surface area contributed by atoms with Crippen molar-refractivity contribution in [2.75, 3.05) is 25.1 Å². The average Bonchev–Trinajstić information content (AvgIpc) is 2.76. The van der Waals surface area contributed by atoms with E-state index in [9.17, 15) is 13.2 Å². The fourth-order valence-corrected chi connectivity index (χ4v) is 4.95. The summed E-state index contributed by atoms with van der Waals surface area (Å²) >= 11 is 7.53. The first-order valence-electron chi connectivity index (χ1n) is 8.01. The fourth-order valence-electron chi connectivity index (χ4n) is 2.75. The summed E-state index contributed by atoms with van der Waals surface area (Å²) in [7, 11) is -3.74. The lowest BCUT2D eigenvalue weighted by molar-refractivity contribution is -0.124. The molecular formula is C16H23ClN2O3S2. The molecule has 1 atom stereocenters. The molecule has 1 fully saturated rings. The SMILES string of the molecule is CSCCCN(C1CCCCNC1=O)S(=O)(=O)c1ccc(Cl)cc1. The Morgan fingerprint density at radius 2 is 2.00 bits per heavy atom. The highest BCUT2D eigenvalue weighted by atomic mass is 35.5. The quantitative estimate of drug-likeness (QED) is 0.727. The Balaban J connectivity index is 2.32. The number of hydrogen-bond acceptors (Lipinski definition) is 4. The van der Waals surface area contributed by atoms with Gasteiger partial charge >= 0.3 is 0 Å². The van der Waals surface area contributed by atoms with E-state index in [4.69, 9.17) is 11.6 Å². The molecule has 1 N–H and O–H groups in total. The molecule has 1 aromatic rings. The molecule has 1 heterocycles. The van der Waals surface area contributed by atoms with E-state index in [0.29, 0.717) is 31.0 Å². The molecule has 0 bridgehead atoms. The van der Waals surface area contributed by atoms with Gasteiger partial charge in [-0.3, -0.25) is 4.79 Å². The summed E-state index contributed by atoms with van der Waals surface area (Å²) < 4.78 is 27.6. The second-order valence-corrected chi connectivity index (χ2v) is 9.03. The number of nitrogens with one attached hydrogen (secondary N) is 1. The van der Waals surface area contributed by atoms with Crippen LogP contribution in [0.25, 0.3) is 0 Å². The van der Waals surface area contributed by atoms with Crippen LogP contribution in [-0.4, -0.2) is 49.8 Å². The number of carbonyl (C=O) groups is 1. The molecule has 8 heteroatoms. The normalized spacial score (nSPS) is 19.1. The van der Waals surface area contributed by atoms with Gasteiger partial charge in [-0.2, -0.15) is 16.1 Å². The number of rotatable bonds is 7. The Labute approximate surface area is 153 Å². The van der Waals surface area contributed by atoms with Gasteiger partial charge in [0, 0.05) is 18.1 Å². The first kappa shape index (κ1) is 19.6. The molecule has 1 aromatic carbocycles. The summed E-state index contributed by atoms with van der Waals surface area (Å²) in [5.74, 6) is 0.648. The van der Waals surface area contributed by atoms with E-state index < -0.39 is 16.1 Å². The summed E-state index contributed by atoms with van der Waals surface area (Å²) in [4.78, 5) is 12.6. The van der Waals surface area contributed by atoms with Crippen LogP contribution in [0.15, 0.2) is 29.2 Å². The van der Waals surface area contributed by atoms with Crippen LogP contribution in [0.3, 0.4) is 0 Å². The van der Waals surface area contributed by atoms with E-state index in [1.165, 1.54) is 16.4 Å². The number of thioether (sulfide) groups is 1. The average molecular weight is 391 g/mol. The van der Waals surface area contributed by atoms with Gasteiger partial charge in [-0.05, 0) is 62.0 Å². The Bertz CT molecular complexity index is 650. The smallest absolute Gasteiger partial charge is 0.243 e. The minimum atomic E-state index is -3.74. The van der Waals surface area contributed by atoms with Gasteiger partial charge in [0.1, 0.15) is 6.04 Å². The number of halogens is 1. The molecule has 134 valence electrons. The van der Waals surface area contributed by atoms with E-state index in [2.05, 4.69) is 5.32 Å². The molecular weight excluding hydrogens is 368 g/mol. The first-order valence-corrected chi connectivity index (χ1v) is 11.2. The van der Waals surface area contributed by atoms with E-state index >= 15 is 0 Å². The van der Waals surface area contributed by atoms with Gasteiger partial charge in [-0.25, -0.2) is 8.42 Å². The van der Waals surface area contributed by atoms with Gasteiger partial charge in [0.2, 0.25) is 15.9 Å². The van der Waals surface area contributed by atoms with Crippen LogP contribution < -0.4 is 5.32 Å². The lowest BCUT2D eigenvalue weighted by atomic mass is 10.1. The number of carbonyl (C=O) groups excluding carboxylic acids is 1. The summed E-state index contributed by atoms with van der Waals surface area (Å²) in [6, 6.07) is 5.46. The Hall–Kier alpha value is -0.760. The molecule has 5 nitrogen and oxygen atoms in total. The number of nitrogens with zero attached hydrogens (tertiary/aromatic N) is 1. The standard InChI is InChI=1S/C16H23ClN2O3S2/c1-23-12-4-11-19(15-5-2-3-10-18-16(15)20)24(21,22)14-8-6-13(17)7-9-14/h6-9,15H,2-5,10-12H2,1H3,(H,18,20). The van der Waals surface area contributed by atoms with E-state index in [1.54, 1.807) is 23.9 Å². The van der Waals surface area contributed by atoms with Crippen molar-refractivity contribution in [2.45, 2.75) is 36.6 Å². The van der Waals surface area contributed by atoms with E-state index in [1.807, 2.05) is 6.26 Å². The molecule has 1 saturated heterocycles. The van der Waals surface area contributed by atoms with Crippen LogP contribution in [-0.2, 0) is 14.8 Å². The van der Waals surface area contributed by atoms with E-state index in [0.717, 1.165) is 18.6 Å². The largest absolute Gasteiger partial charge is 0.355 e. The number of sulfonamides is 1. The van der Waals surface area contributed by atoms with Crippen LogP contribution in [0.4, 0.5) is 0 Å². The third-order valence-electron chi connectivity index (χ3n) is 4.00. The van der Waals surface area contributed by atoms with Gasteiger partial charge in [0.25, 0.3) is 0 Å². The number of benzene rings is 1. The minimum Gasteiger partial charge on any atom is -0.355 e. The third kappa shape index (κ3) is 4.88. The zero-order valence-corrected chi connectivity index (χ0v) is 16.1. The Kier molecular flexibility index (Phi) is 7.40. The fraction of sp³-hybridized carbons (Fsp3) is 0.562. The molecule has 0 spiro atoms. The molecule has 1 unspecified atom stereocenters. The second kappa shape index (κ2) is 9.08. The van der Waals surface area contributed by atoms with Crippen molar-refractivity contribution in [3.05, 3.63) is 29.3 Å². The van der Waals surface area contributed by atoms with Crippen LogP contribution >= 0.6 is 23.4 Å². The second-order valence-electron chi connectivity index (χ2n) is 5.72. The molecule has 24 heavy (non-hydrogen) atoms. The van der Waals surface area contributed by atoms with Crippen molar-refractivity contribution < 1.29 is 13.2 Å². The highest BCUT2D eigenvalue weighted by Crippen LogP contribution is 2.24. The molecule has 0 radical (unpaired) electrons. The van der Waals surface area contributed by atoms with Crippen molar-refractivity contribution in [1.29, 1.82) is 0 Å².